The van der Waals surface area contributed by atoms with Crippen molar-refractivity contribution in [2.45, 2.75) is 13.3 Å². The average molecular weight is 353 g/mol. The SMILES string of the molecule is COc1ccc2c(Cc3ccc(C)cc3)c3oc4ccccc4c3nc2c1. The number of methoxy groups -OCH3 is 1. The van der Waals surface area contributed by atoms with E-state index in [2.05, 4.69) is 43.3 Å². The van der Waals surface area contributed by atoms with Crippen molar-refractivity contribution in [3.8, 4) is 5.75 Å². The van der Waals surface area contributed by atoms with Crippen LogP contribution < -0.4 is 4.74 Å². The van der Waals surface area contributed by atoms with Gasteiger partial charge < -0.3 is 9.15 Å². The molecule has 3 aromatic carbocycles. The number of rotatable bonds is 3. The summed E-state index contributed by atoms with van der Waals surface area (Å²) in [6, 6.07) is 22.8. The van der Waals surface area contributed by atoms with E-state index in [0.717, 1.165) is 50.7 Å². The van der Waals surface area contributed by atoms with Crippen molar-refractivity contribution in [1.82, 2.24) is 4.98 Å². The van der Waals surface area contributed by atoms with Crippen molar-refractivity contribution in [2.24, 2.45) is 0 Å². The number of hydrogen-bond acceptors (Lipinski definition) is 3. The van der Waals surface area contributed by atoms with Gasteiger partial charge in [-0.05, 0) is 36.8 Å². The topological polar surface area (TPSA) is 35.3 Å². The summed E-state index contributed by atoms with van der Waals surface area (Å²) in [5, 5.41) is 2.14. The number of hydrogen-bond donors (Lipinski definition) is 0. The number of aromatic nitrogens is 1. The summed E-state index contributed by atoms with van der Waals surface area (Å²) in [4.78, 5) is 4.92. The van der Waals surface area contributed by atoms with Gasteiger partial charge in [0.05, 0.1) is 12.6 Å². The monoisotopic (exact) mass is 353 g/mol. The van der Waals surface area contributed by atoms with Crippen LogP contribution in [0.25, 0.3) is 33.0 Å². The smallest absolute Gasteiger partial charge is 0.158 e. The molecule has 3 heteroatoms. The first-order valence-corrected chi connectivity index (χ1v) is 9.06. The maximum absolute atomic E-state index is 6.25. The van der Waals surface area contributed by atoms with Gasteiger partial charge in [0, 0.05) is 28.8 Å². The molecule has 2 aromatic heterocycles. The molecule has 0 amide bonds. The van der Waals surface area contributed by atoms with Gasteiger partial charge in [-0.25, -0.2) is 4.98 Å². The van der Waals surface area contributed by atoms with Gasteiger partial charge in [-0.3, -0.25) is 0 Å². The van der Waals surface area contributed by atoms with Crippen molar-refractivity contribution in [3.05, 3.63) is 83.4 Å². The molecule has 0 radical (unpaired) electrons. The van der Waals surface area contributed by atoms with Gasteiger partial charge in [-0.2, -0.15) is 0 Å². The number of benzene rings is 3. The van der Waals surface area contributed by atoms with E-state index in [1.165, 1.54) is 11.1 Å². The standard InChI is InChI=1S/C24H19NO2/c1-15-7-9-16(10-8-15)13-20-18-12-11-17(26-2)14-21(18)25-23-19-5-3-4-6-22(19)27-24(20)23/h3-12,14H,13H2,1-2H3. The highest BCUT2D eigenvalue weighted by Gasteiger charge is 2.17. The Kier molecular flexibility index (Phi) is 3.61. The Balaban J connectivity index is 1.84. The van der Waals surface area contributed by atoms with Gasteiger partial charge in [0.1, 0.15) is 16.8 Å². The van der Waals surface area contributed by atoms with Crippen LogP contribution in [0, 0.1) is 6.92 Å². The first kappa shape index (κ1) is 15.9. The Morgan fingerprint density at radius 2 is 1.74 bits per heavy atom. The lowest BCUT2D eigenvalue weighted by atomic mass is 9.99. The summed E-state index contributed by atoms with van der Waals surface area (Å²) in [5.74, 6) is 0.809. The lowest BCUT2D eigenvalue weighted by Crippen LogP contribution is -1.94. The molecule has 5 rings (SSSR count). The fourth-order valence-corrected chi connectivity index (χ4v) is 3.66. The van der Waals surface area contributed by atoms with Crippen LogP contribution in [-0.2, 0) is 6.42 Å². The van der Waals surface area contributed by atoms with Gasteiger partial charge in [0.2, 0.25) is 0 Å². The minimum atomic E-state index is 0.794. The Morgan fingerprint density at radius 3 is 2.56 bits per heavy atom. The predicted molar refractivity (Wildman–Crippen MR) is 110 cm³/mol. The fraction of sp³-hybridized carbons (Fsp3) is 0.125. The van der Waals surface area contributed by atoms with Crippen LogP contribution in [0.3, 0.4) is 0 Å². The molecule has 0 N–H and O–H groups in total. The van der Waals surface area contributed by atoms with E-state index in [4.69, 9.17) is 14.1 Å². The van der Waals surface area contributed by atoms with Crippen molar-refractivity contribution < 1.29 is 9.15 Å². The van der Waals surface area contributed by atoms with E-state index in [0.29, 0.717) is 0 Å². The molecule has 5 aromatic rings. The maximum Gasteiger partial charge on any atom is 0.158 e. The summed E-state index contributed by atoms with van der Waals surface area (Å²) in [5.41, 5.74) is 7.26. The highest BCUT2D eigenvalue weighted by molar-refractivity contribution is 6.08. The van der Waals surface area contributed by atoms with E-state index in [9.17, 15) is 0 Å². The second-order valence-corrected chi connectivity index (χ2v) is 6.91. The third kappa shape index (κ3) is 2.63. The van der Waals surface area contributed by atoms with E-state index in [-0.39, 0.29) is 0 Å². The van der Waals surface area contributed by atoms with Crippen molar-refractivity contribution >= 4 is 33.0 Å². The first-order valence-electron chi connectivity index (χ1n) is 9.06. The number of nitrogens with zero attached hydrogens (tertiary/aromatic N) is 1. The van der Waals surface area contributed by atoms with Crippen LogP contribution in [0.15, 0.2) is 71.1 Å². The molecule has 0 aliphatic heterocycles. The molecule has 0 spiro atoms. The summed E-state index contributed by atoms with van der Waals surface area (Å²) in [6.07, 6.45) is 0.794. The van der Waals surface area contributed by atoms with Gasteiger partial charge in [0.25, 0.3) is 0 Å². The highest BCUT2D eigenvalue weighted by Crippen LogP contribution is 2.35. The zero-order chi connectivity index (χ0) is 18.4. The molecule has 3 nitrogen and oxygen atoms in total. The Bertz CT molecular complexity index is 1280. The Labute approximate surface area is 157 Å². The minimum Gasteiger partial charge on any atom is -0.497 e. The molecular weight excluding hydrogens is 334 g/mol. The fourth-order valence-electron chi connectivity index (χ4n) is 3.66. The summed E-state index contributed by atoms with van der Waals surface area (Å²) < 4.78 is 11.7. The summed E-state index contributed by atoms with van der Waals surface area (Å²) >= 11 is 0. The predicted octanol–water partition coefficient (Wildman–Crippen LogP) is 6.04. The highest BCUT2D eigenvalue weighted by atomic mass is 16.5. The molecule has 0 atom stereocenters. The summed E-state index contributed by atoms with van der Waals surface area (Å²) in [6.45, 7) is 2.11. The molecule has 0 aliphatic rings. The van der Waals surface area contributed by atoms with Crippen molar-refractivity contribution in [2.75, 3.05) is 7.11 Å². The largest absolute Gasteiger partial charge is 0.497 e. The van der Waals surface area contributed by atoms with Crippen LogP contribution in [-0.4, -0.2) is 12.1 Å². The lowest BCUT2D eigenvalue weighted by Gasteiger charge is -2.09. The Hall–Kier alpha value is -3.33. The van der Waals surface area contributed by atoms with Gasteiger partial charge in [0.15, 0.2) is 5.58 Å². The molecule has 2 heterocycles. The third-order valence-corrected chi connectivity index (χ3v) is 5.11. The molecule has 0 unspecified atom stereocenters. The molecule has 0 aliphatic carbocycles. The molecular formula is C24H19NO2. The number of ether oxygens (including phenoxy) is 1. The van der Waals surface area contributed by atoms with Crippen LogP contribution in [0.5, 0.6) is 5.75 Å². The molecule has 0 fully saturated rings. The molecule has 0 saturated carbocycles. The van der Waals surface area contributed by atoms with Crippen LogP contribution in [0.2, 0.25) is 0 Å². The molecule has 0 bridgehead atoms. The van der Waals surface area contributed by atoms with E-state index in [1.54, 1.807) is 7.11 Å². The number of aryl methyl sites for hydroxylation is 1. The second kappa shape index (κ2) is 6.13. The first-order chi connectivity index (χ1) is 13.2. The number of pyridine rings is 1. The molecule has 0 saturated heterocycles. The zero-order valence-electron chi connectivity index (χ0n) is 15.3. The minimum absolute atomic E-state index is 0.794. The third-order valence-electron chi connectivity index (χ3n) is 5.11. The lowest BCUT2D eigenvalue weighted by molar-refractivity contribution is 0.415. The van der Waals surface area contributed by atoms with Crippen LogP contribution in [0.1, 0.15) is 16.7 Å². The number of fused-ring (bicyclic) bond motifs is 4. The number of furan rings is 1. The van der Waals surface area contributed by atoms with Crippen LogP contribution >= 0.6 is 0 Å². The summed E-state index contributed by atoms with van der Waals surface area (Å²) in [7, 11) is 1.68. The zero-order valence-corrected chi connectivity index (χ0v) is 15.3. The maximum atomic E-state index is 6.25. The van der Waals surface area contributed by atoms with Gasteiger partial charge in [-0.1, -0.05) is 42.0 Å². The molecule has 132 valence electrons. The average Bonchev–Trinajstić information content (AvgIpc) is 3.07. The quantitative estimate of drug-likeness (QED) is 0.396. The van der Waals surface area contributed by atoms with E-state index >= 15 is 0 Å². The van der Waals surface area contributed by atoms with Gasteiger partial charge in [-0.15, -0.1) is 0 Å². The molecule has 27 heavy (non-hydrogen) atoms. The van der Waals surface area contributed by atoms with Crippen molar-refractivity contribution in [1.29, 1.82) is 0 Å². The second-order valence-electron chi connectivity index (χ2n) is 6.91. The van der Waals surface area contributed by atoms with E-state index < -0.39 is 0 Å². The Morgan fingerprint density at radius 1 is 0.926 bits per heavy atom. The van der Waals surface area contributed by atoms with Crippen molar-refractivity contribution in [3.63, 3.8) is 0 Å². The number of para-hydroxylation sites is 1. The van der Waals surface area contributed by atoms with Gasteiger partial charge >= 0.3 is 0 Å². The van der Waals surface area contributed by atoms with Crippen LogP contribution in [0.4, 0.5) is 0 Å². The van der Waals surface area contributed by atoms with E-state index in [1.807, 2.05) is 30.3 Å². The normalized spacial score (nSPS) is 11.5.